The van der Waals surface area contributed by atoms with E-state index in [-0.39, 0.29) is 17.9 Å². The summed E-state index contributed by atoms with van der Waals surface area (Å²) in [5, 5.41) is 2.69. The molecule has 94 valence electrons. The maximum atomic E-state index is 11.7. The smallest absolute Gasteiger partial charge is 0.356 e. The van der Waals surface area contributed by atoms with Crippen LogP contribution in [0.25, 0.3) is 5.69 Å². The van der Waals surface area contributed by atoms with Crippen LogP contribution in [0, 0.1) is 0 Å². The Labute approximate surface area is 103 Å². The number of anilines is 1. The predicted octanol–water partition coefficient (Wildman–Crippen LogP) is 0.925. The number of hydrogen-bond acceptors (Lipinski definition) is 4. The number of hydrogen-bond donors (Lipinski definition) is 2. The first-order valence-corrected chi connectivity index (χ1v) is 5.47. The Morgan fingerprint density at radius 1 is 1.39 bits per heavy atom. The van der Waals surface area contributed by atoms with Crippen LogP contribution in [0.15, 0.2) is 35.1 Å². The van der Waals surface area contributed by atoms with Gasteiger partial charge >= 0.3 is 5.97 Å². The van der Waals surface area contributed by atoms with Crippen molar-refractivity contribution in [3.63, 3.8) is 0 Å². The molecule has 0 fully saturated rings. The van der Waals surface area contributed by atoms with E-state index < -0.39 is 5.97 Å². The predicted molar refractivity (Wildman–Crippen MR) is 66.8 cm³/mol. The lowest BCUT2D eigenvalue weighted by Crippen LogP contribution is -2.13. The molecule has 2 aromatic rings. The quantitative estimate of drug-likeness (QED) is 0.623. The number of nitrogens with one attached hydrogen (secondary N) is 1. The molecule has 1 heterocycles. The first-order valence-electron chi connectivity index (χ1n) is 5.47. The van der Waals surface area contributed by atoms with Crippen molar-refractivity contribution in [2.24, 2.45) is 0 Å². The van der Waals surface area contributed by atoms with E-state index in [1.54, 1.807) is 31.2 Å². The third kappa shape index (κ3) is 2.27. The number of carbonyl (C=O) groups excluding carboxylic acids is 1. The van der Waals surface area contributed by atoms with E-state index in [0.717, 1.165) is 0 Å². The minimum Gasteiger partial charge on any atom is -0.461 e. The van der Waals surface area contributed by atoms with Crippen molar-refractivity contribution in [3.05, 3.63) is 46.4 Å². The molecule has 0 amide bonds. The van der Waals surface area contributed by atoms with Crippen LogP contribution < -0.4 is 11.3 Å². The van der Waals surface area contributed by atoms with Crippen molar-refractivity contribution >= 4 is 11.7 Å². The molecule has 1 aromatic heterocycles. The molecule has 0 saturated carbocycles. The summed E-state index contributed by atoms with van der Waals surface area (Å²) in [4.78, 5) is 23.2. The van der Waals surface area contributed by atoms with Gasteiger partial charge in [-0.1, -0.05) is 0 Å². The minimum absolute atomic E-state index is 0.124. The maximum absolute atomic E-state index is 11.7. The van der Waals surface area contributed by atoms with Gasteiger partial charge in [0, 0.05) is 11.8 Å². The standard InChI is InChI=1S/C12H13N3O3/c1-2-18-12(17)10-7-11(16)15(14-10)9-5-3-8(13)4-6-9/h3-7,14H,2,13H2,1H3. The van der Waals surface area contributed by atoms with Crippen molar-refractivity contribution in [2.75, 3.05) is 12.3 Å². The summed E-state index contributed by atoms with van der Waals surface area (Å²) in [6.07, 6.45) is 0. The summed E-state index contributed by atoms with van der Waals surface area (Å²) >= 11 is 0. The van der Waals surface area contributed by atoms with Crippen LogP contribution in [0.5, 0.6) is 0 Å². The molecule has 18 heavy (non-hydrogen) atoms. The molecule has 2 rings (SSSR count). The molecule has 0 aliphatic rings. The largest absolute Gasteiger partial charge is 0.461 e. The Balaban J connectivity index is 2.38. The van der Waals surface area contributed by atoms with Gasteiger partial charge in [0.15, 0.2) is 0 Å². The van der Waals surface area contributed by atoms with Crippen LogP contribution in [-0.4, -0.2) is 22.4 Å². The zero-order chi connectivity index (χ0) is 13.1. The van der Waals surface area contributed by atoms with E-state index in [1.165, 1.54) is 10.7 Å². The van der Waals surface area contributed by atoms with Crippen molar-refractivity contribution in [1.29, 1.82) is 0 Å². The van der Waals surface area contributed by atoms with E-state index in [0.29, 0.717) is 11.4 Å². The first kappa shape index (κ1) is 12.0. The number of benzene rings is 1. The van der Waals surface area contributed by atoms with Gasteiger partial charge in [0.25, 0.3) is 5.56 Å². The Morgan fingerprint density at radius 3 is 2.67 bits per heavy atom. The van der Waals surface area contributed by atoms with Crippen molar-refractivity contribution in [1.82, 2.24) is 9.78 Å². The molecule has 0 unspecified atom stereocenters. The summed E-state index contributed by atoms with van der Waals surface area (Å²) in [5.41, 5.74) is 6.56. The third-order valence-corrected chi connectivity index (χ3v) is 2.37. The molecule has 0 saturated heterocycles. The fourth-order valence-electron chi connectivity index (χ4n) is 1.52. The molecular formula is C12H13N3O3. The first-order chi connectivity index (χ1) is 8.61. The van der Waals surface area contributed by atoms with Crippen molar-refractivity contribution in [2.45, 2.75) is 6.92 Å². The van der Waals surface area contributed by atoms with Gasteiger partial charge in [-0.25, -0.2) is 9.48 Å². The number of carbonyl (C=O) groups is 1. The normalized spacial score (nSPS) is 10.3. The van der Waals surface area contributed by atoms with Crippen molar-refractivity contribution < 1.29 is 9.53 Å². The van der Waals surface area contributed by atoms with Crippen molar-refractivity contribution in [3.8, 4) is 5.69 Å². The molecule has 6 heteroatoms. The van der Waals surface area contributed by atoms with Crippen LogP contribution in [0.4, 0.5) is 5.69 Å². The number of H-pyrrole nitrogens is 1. The number of aromatic amines is 1. The van der Waals surface area contributed by atoms with E-state index in [4.69, 9.17) is 10.5 Å². The Bertz CT molecular complexity index is 610. The average molecular weight is 247 g/mol. The van der Waals surface area contributed by atoms with E-state index in [2.05, 4.69) is 5.10 Å². The number of aromatic nitrogens is 2. The van der Waals surface area contributed by atoms with Crippen LogP contribution in [-0.2, 0) is 4.74 Å². The lowest BCUT2D eigenvalue weighted by Gasteiger charge is -2.02. The number of nitrogens with zero attached hydrogens (tertiary/aromatic N) is 1. The third-order valence-electron chi connectivity index (χ3n) is 2.37. The van der Waals surface area contributed by atoms with Crippen LogP contribution in [0.1, 0.15) is 17.4 Å². The highest BCUT2D eigenvalue weighted by atomic mass is 16.5. The highest BCUT2D eigenvalue weighted by molar-refractivity contribution is 5.87. The molecule has 0 aliphatic heterocycles. The lowest BCUT2D eigenvalue weighted by molar-refractivity contribution is 0.0519. The zero-order valence-electron chi connectivity index (χ0n) is 9.84. The number of ether oxygens (including phenoxy) is 1. The zero-order valence-corrected chi connectivity index (χ0v) is 9.84. The van der Waals surface area contributed by atoms with Gasteiger partial charge in [-0.15, -0.1) is 0 Å². The van der Waals surface area contributed by atoms with Gasteiger partial charge in [0.1, 0.15) is 5.69 Å². The fraction of sp³-hybridized carbons (Fsp3) is 0.167. The van der Waals surface area contributed by atoms with Gasteiger partial charge in [-0.05, 0) is 31.2 Å². The second kappa shape index (κ2) is 4.79. The molecule has 0 aliphatic carbocycles. The second-order valence-electron chi connectivity index (χ2n) is 3.66. The van der Waals surface area contributed by atoms with Gasteiger partial charge in [-0.2, -0.15) is 0 Å². The van der Waals surface area contributed by atoms with Crippen LogP contribution in [0.3, 0.4) is 0 Å². The van der Waals surface area contributed by atoms with Gasteiger partial charge in [-0.3, -0.25) is 9.89 Å². The average Bonchev–Trinajstić information content (AvgIpc) is 2.73. The van der Waals surface area contributed by atoms with Crippen LogP contribution >= 0.6 is 0 Å². The number of rotatable bonds is 3. The van der Waals surface area contributed by atoms with Gasteiger partial charge in [0.05, 0.1) is 12.3 Å². The van der Waals surface area contributed by atoms with Crippen LogP contribution in [0.2, 0.25) is 0 Å². The number of nitrogens with two attached hydrogens (primary N) is 1. The second-order valence-corrected chi connectivity index (χ2v) is 3.66. The monoisotopic (exact) mass is 247 g/mol. The topological polar surface area (TPSA) is 90.1 Å². The Hall–Kier alpha value is -2.50. The van der Waals surface area contributed by atoms with Gasteiger partial charge < -0.3 is 10.5 Å². The lowest BCUT2D eigenvalue weighted by atomic mass is 10.3. The molecule has 0 spiro atoms. The molecule has 1 aromatic carbocycles. The Kier molecular flexibility index (Phi) is 3.18. The summed E-state index contributed by atoms with van der Waals surface area (Å²) in [7, 11) is 0. The highest BCUT2D eigenvalue weighted by Gasteiger charge is 2.12. The molecule has 6 nitrogen and oxygen atoms in total. The Morgan fingerprint density at radius 2 is 2.06 bits per heavy atom. The summed E-state index contributed by atoms with van der Waals surface area (Å²) in [5.74, 6) is -0.552. The maximum Gasteiger partial charge on any atom is 0.356 e. The minimum atomic E-state index is -0.552. The highest BCUT2D eigenvalue weighted by Crippen LogP contribution is 2.08. The number of esters is 1. The van der Waals surface area contributed by atoms with E-state index in [9.17, 15) is 9.59 Å². The summed E-state index contributed by atoms with van der Waals surface area (Å²) in [6.45, 7) is 1.96. The van der Waals surface area contributed by atoms with E-state index >= 15 is 0 Å². The molecule has 0 atom stereocenters. The molecule has 0 radical (unpaired) electrons. The number of nitrogen functional groups attached to an aromatic ring is 1. The molecule has 3 N–H and O–H groups in total. The summed E-state index contributed by atoms with van der Waals surface area (Å²) in [6, 6.07) is 7.91. The fourth-order valence-corrected chi connectivity index (χ4v) is 1.52. The summed E-state index contributed by atoms with van der Waals surface area (Å²) < 4.78 is 6.06. The molecule has 0 bridgehead atoms. The van der Waals surface area contributed by atoms with Gasteiger partial charge in [0.2, 0.25) is 0 Å². The van der Waals surface area contributed by atoms with E-state index in [1.807, 2.05) is 0 Å². The molecular weight excluding hydrogens is 234 g/mol. The SMILES string of the molecule is CCOC(=O)c1cc(=O)n(-c2ccc(N)cc2)[nH]1.